The molecule has 1 aliphatic rings. The van der Waals surface area contributed by atoms with E-state index in [1.165, 1.54) is 12.8 Å². The molecule has 1 saturated carbocycles. The van der Waals surface area contributed by atoms with Crippen LogP contribution < -0.4 is 16.0 Å². The van der Waals surface area contributed by atoms with Crippen molar-refractivity contribution in [3.05, 3.63) is 72.6 Å². The molecule has 3 aromatic heterocycles. The number of imidazole rings is 1. The van der Waals surface area contributed by atoms with Crippen LogP contribution in [0.15, 0.2) is 61.3 Å². The molecule has 0 aliphatic heterocycles. The number of amides is 1. The first-order chi connectivity index (χ1) is 17.2. The van der Waals surface area contributed by atoms with E-state index in [0.717, 1.165) is 35.7 Å². The molecule has 0 atom stereocenters. The summed E-state index contributed by atoms with van der Waals surface area (Å²) in [6.45, 7) is 1.51. The van der Waals surface area contributed by atoms with Crippen LogP contribution in [0, 0.1) is 0 Å². The van der Waals surface area contributed by atoms with E-state index in [1.54, 1.807) is 18.7 Å². The Bertz CT molecular complexity index is 1230. The first-order valence-electron chi connectivity index (χ1n) is 11.9. The fourth-order valence-corrected chi connectivity index (χ4v) is 3.75. The van der Waals surface area contributed by atoms with Crippen molar-refractivity contribution in [1.29, 1.82) is 0 Å². The minimum atomic E-state index is 0.0667. The Morgan fingerprint density at radius 3 is 2.80 bits per heavy atom. The molecule has 10 nitrogen and oxygen atoms in total. The van der Waals surface area contributed by atoms with Gasteiger partial charge in [-0.15, -0.1) is 0 Å². The van der Waals surface area contributed by atoms with Gasteiger partial charge >= 0.3 is 0 Å². The van der Waals surface area contributed by atoms with Crippen molar-refractivity contribution < 1.29 is 4.79 Å². The van der Waals surface area contributed by atoms with Crippen LogP contribution in [-0.4, -0.2) is 42.2 Å². The molecule has 1 amide bonds. The fraction of sp³-hybridized carbons (Fsp3) is 0.320. The third-order valence-corrected chi connectivity index (χ3v) is 5.84. The third-order valence-electron chi connectivity index (χ3n) is 5.84. The lowest BCUT2D eigenvalue weighted by atomic mass is 10.1. The monoisotopic (exact) mass is 471 g/mol. The molecule has 180 valence electrons. The topological polar surface area (TPSA) is 125 Å². The number of benzene rings is 1. The van der Waals surface area contributed by atoms with Crippen molar-refractivity contribution in [2.75, 3.05) is 17.2 Å². The summed E-state index contributed by atoms with van der Waals surface area (Å²) >= 11 is 0. The highest BCUT2D eigenvalue weighted by Gasteiger charge is 2.26. The zero-order valence-electron chi connectivity index (χ0n) is 19.4. The molecule has 0 unspecified atom stereocenters. The summed E-state index contributed by atoms with van der Waals surface area (Å²) in [6, 6.07) is 11.8. The van der Waals surface area contributed by atoms with Gasteiger partial charge in [0, 0.05) is 55.8 Å². The zero-order chi connectivity index (χ0) is 23.9. The highest BCUT2D eigenvalue weighted by Crippen LogP contribution is 2.39. The number of hydrogen-bond donors (Lipinski definition) is 4. The number of anilines is 4. The van der Waals surface area contributed by atoms with Gasteiger partial charge in [0.15, 0.2) is 0 Å². The van der Waals surface area contributed by atoms with Crippen LogP contribution in [0.25, 0.3) is 0 Å². The summed E-state index contributed by atoms with van der Waals surface area (Å²) in [6.07, 6.45) is 11.6. The van der Waals surface area contributed by atoms with Crippen molar-refractivity contribution in [1.82, 2.24) is 35.0 Å². The molecule has 1 aromatic carbocycles. The Labute approximate surface area is 203 Å². The number of aromatic nitrogens is 6. The SMILES string of the molecule is O=C(CCc1ccc(Nc2nccc(Nc3cc(C4CC4)n[nH]3)n2)cc1)NCCCn1ccnc1. The van der Waals surface area contributed by atoms with E-state index >= 15 is 0 Å². The predicted molar refractivity (Wildman–Crippen MR) is 134 cm³/mol. The van der Waals surface area contributed by atoms with Gasteiger partial charge in [-0.25, -0.2) is 9.97 Å². The number of nitrogens with zero attached hydrogens (tertiary/aromatic N) is 5. The Balaban J connectivity index is 1.06. The van der Waals surface area contributed by atoms with Gasteiger partial charge in [0.1, 0.15) is 11.6 Å². The van der Waals surface area contributed by atoms with Crippen LogP contribution in [0.5, 0.6) is 0 Å². The predicted octanol–water partition coefficient (Wildman–Crippen LogP) is 3.90. The Hall–Kier alpha value is -4.21. The van der Waals surface area contributed by atoms with Crippen LogP contribution >= 0.6 is 0 Å². The zero-order valence-corrected chi connectivity index (χ0v) is 19.4. The highest BCUT2D eigenvalue weighted by molar-refractivity contribution is 5.76. The first kappa shape index (κ1) is 22.6. The van der Waals surface area contributed by atoms with Gasteiger partial charge in [0.05, 0.1) is 12.0 Å². The van der Waals surface area contributed by atoms with E-state index in [-0.39, 0.29) is 5.91 Å². The maximum absolute atomic E-state index is 12.1. The molecule has 4 N–H and O–H groups in total. The molecule has 35 heavy (non-hydrogen) atoms. The largest absolute Gasteiger partial charge is 0.356 e. The average molecular weight is 472 g/mol. The third kappa shape index (κ3) is 6.66. The molecule has 0 bridgehead atoms. The second-order valence-corrected chi connectivity index (χ2v) is 8.70. The van der Waals surface area contributed by atoms with Crippen LogP contribution in [0.2, 0.25) is 0 Å². The minimum absolute atomic E-state index is 0.0667. The molecule has 0 radical (unpaired) electrons. The molecular weight excluding hydrogens is 442 g/mol. The molecule has 3 heterocycles. The van der Waals surface area contributed by atoms with Crippen LogP contribution in [0.4, 0.5) is 23.3 Å². The maximum atomic E-state index is 12.1. The van der Waals surface area contributed by atoms with Crippen molar-refractivity contribution in [2.24, 2.45) is 0 Å². The lowest BCUT2D eigenvalue weighted by molar-refractivity contribution is -0.121. The molecule has 5 rings (SSSR count). The summed E-state index contributed by atoms with van der Waals surface area (Å²) in [5.74, 6) is 2.67. The van der Waals surface area contributed by atoms with Gasteiger partial charge < -0.3 is 20.5 Å². The molecular formula is C25H29N9O. The Morgan fingerprint density at radius 1 is 1.11 bits per heavy atom. The van der Waals surface area contributed by atoms with E-state index in [0.29, 0.717) is 37.1 Å². The molecule has 1 aliphatic carbocycles. The smallest absolute Gasteiger partial charge is 0.229 e. The summed E-state index contributed by atoms with van der Waals surface area (Å²) in [5.41, 5.74) is 3.08. The van der Waals surface area contributed by atoms with Gasteiger partial charge in [-0.1, -0.05) is 12.1 Å². The van der Waals surface area contributed by atoms with Gasteiger partial charge in [-0.2, -0.15) is 10.1 Å². The summed E-state index contributed by atoms with van der Waals surface area (Å²) in [5, 5.41) is 16.8. The molecule has 1 fully saturated rings. The Morgan fingerprint density at radius 2 is 2.00 bits per heavy atom. The first-order valence-corrected chi connectivity index (χ1v) is 11.9. The quantitative estimate of drug-likeness (QED) is 0.231. The average Bonchev–Trinajstić information content (AvgIpc) is 3.39. The van der Waals surface area contributed by atoms with Crippen molar-refractivity contribution >= 4 is 29.2 Å². The van der Waals surface area contributed by atoms with Crippen molar-refractivity contribution in [2.45, 2.75) is 44.6 Å². The van der Waals surface area contributed by atoms with Crippen LogP contribution in [-0.2, 0) is 17.8 Å². The molecule has 0 saturated heterocycles. The van der Waals surface area contributed by atoms with Gasteiger partial charge in [0.2, 0.25) is 11.9 Å². The summed E-state index contributed by atoms with van der Waals surface area (Å²) in [7, 11) is 0. The second-order valence-electron chi connectivity index (χ2n) is 8.70. The Kier molecular flexibility index (Phi) is 6.97. The number of H-pyrrole nitrogens is 1. The van der Waals surface area contributed by atoms with Gasteiger partial charge in [-0.3, -0.25) is 9.89 Å². The van der Waals surface area contributed by atoms with Crippen molar-refractivity contribution in [3.63, 3.8) is 0 Å². The van der Waals surface area contributed by atoms with E-state index in [1.807, 2.05) is 47.2 Å². The maximum Gasteiger partial charge on any atom is 0.229 e. The molecule has 10 heteroatoms. The van der Waals surface area contributed by atoms with Crippen LogP contribution in [0.1, 0.15) is 42.9 Å². The normalized spacial score (nSPS) is 12.9. The number of carbonyl (C=O) groups is 1. The minimum Gasteiger partial charge on any atom is -0.356 e. The number of aryl methyl sites for hydroxylation is 2. The number of nitrogens with one attached hydrogen (secondary N) is 4. The van der Waals surface area contributed by atoms with E-state index < -0.39 is 0 Å². The fourth-order valence-electron chi connectivity index (χ4n) is 3.75. The van der Waals surface area contributed by atoms with E-state index in [9.17, 15) is 4.79 Å². The number of aromatic amines is 1. The summed E-state index contributed by atoms with van der Waals surface area (Å²) in [4.78, 5) is 25.0. The number of rotatable bonds is 12. The lowest BCUT2D eigenvalue weighted by Crippen LogP contribution is -2.25. The standard InChI is InChI=1S/C25H29N9O/c35-24(27-11-1-14-34-15-13-26-17-34)9-4-18-2-7-20(8-3-18)29-25-28-12-10-22(31-25)30-23-16-21(32-33-23)19-5-6-19/h2-3,7-8,10,12-13,15-17,19H,1,4-6,9,11,14H2,(H,27,35)(H3,28,29,30,31,32,33). The van der Waals surface area contributed by atoms with Gasteiger partial charge in [-0.05, 0) is 49.4 Å². The highest BCUT2D eigenvalue weighted by atomic mass is 16.1. The van der Waals surface area contributed by atoms with E-state index in [2.05, 4.69) is 41.1 Å². The second kappa shape index (κ2) is 10.8. The lowest BCUT2D eigenvalue weighted by Gasteiger charge is -2.09. The number of carbonyl (C=O) groups excluding carboxylic acids is 1. The van der Waals surface area contributed by atoms with Crippen molar-refractivity contribution in [3.8, 4) is 0 Å². The number of hydrogen-bond acceptors (Lipinski definition) is 7. The van der Waals surface area contributed by atoms with Gasteiger partial charge in [0.25, 0.3) is 0 Å². The van der Waals surface area contributed by atoms with Crippen LogP contribution in [0.3, 0.4) is 0 Å². The molecule has 0 spiro atoms. The molecule has 4 aromatic rings. The summed E-state index contributed by atoms with van der Waals surface area (Å²) < 4.78 is 2.00. The van der Waals surface area contributed by atoms with E-state index in [4.69, 9.17) is 0 Å².